The molecule has 3 rings (SSSR count). The zero-order valence-electron chi connectivity index (χ0n) is 17.1. The number of nitrogens with one attached hydrogen (secondary N) is 2. The number of hydrogen-bond donors (Lipinski definition) is 2. The molecule has 156 valence electrons. The topological polar surface area (TPSA) is 78.1 Å². The van der Waals surface area contributed by atoms with Crippen molar-refractivity contribution in [1.29, 1.82) is 0 Å². The Balaban J connectivity index is 1.76. The molecule has 2 aromatic carbocycles. The molecule has 0 aliphatic carbocycles. The van der Waals surface area contributed by atoms with Crippen molar-refractivity contribution in [2.75, 3.05) is 46.4 Å². The molecule has 0 atom stereocenters. The summed E-state index contributed by atoms with van der Waals surface area (Å²) in [5.41, 5.74) is 1.38. The number of carbonyl (C=O) groups is 1. The van der Waals surface area contributed by atoms with Gasteiger partial charge in [0.15, 0.2) is 11.5 Å². The van der Waals surface area contributed by atoms with Gasteiger partial charge in [-0.25, -0.2) is 4.79 Å². The highest BCUT2D eigenvalue weighted by Gasteiger charge is 2.37. The van der Waals surface area contributed by atoms with E-state index in [1.54, 1.807) is 39.5 Å². The quantitative estimate of drug-likeness (QED) is 0.743. The second-order valence-electron chi connectivity index (χ2n) is 6.94. The Morgan fingerprint density at radius 1 is 0.966 bits per heavy atom. The Morgan fingerprint density at radius 3 is 2.34 bits per heavy atom. The van der Waals surface area contributed by atoms with Crippen LogP contribution >= 0.6 is 0 Å². The number of anilines is 1. The molecular weight excluding hydrogens is 372 g/mol. The first-order valence-electron chi connectivity index (χ1n) is 9.60. The van der Waals surface area contributed by atoms with Gasteiger partial charge < -0.3 is 29.6 Å². The van der Waals surface area contributed by atoms with E-state index in [0.29, 0.717) is 36.9 Å². The van der Waals surface area contributed by atoms with Crippen molar-refractivity contribution in [1.82, 2.24) is 5.32 Å². The first-order chi connectivity index (χ1) is 14.1. The Bertz CT molecular complexity index is 834. The van der Waals surface area contributed by atoms with Crippen LogP contribution in [0.5, 0.6) is 17.2 Å². The minimum atomic E-state index is -0.308. The predicted molar refractivity (Wildman–Crippen MR) is 111 cm³/mol. The number of methoxy groups -OCH3 is 3. The SMILES string of the molecule is COc1ccccc1C1(CNC(=O)Nc2cccc(OC)c2OC)CCOCC1. The van der Waals surface area contributed by atoms with Gasteiger partial charge in [0.05, 0.1) is 27.0 Å². The number of para-hydroxylation sites is 2. The average molecular weight is 400 g/mol. The molecule has 0 saturated carbocycles. The summed E-state index contributed by atoms with van der Waals surface area (Å²) in [4.78, 5) is 12.7. The third kappa shape index (κ3) is 4.56. The molecule has 1 aliphatic heterocycles. The Morgan fingerprint density at radius 2 is 1.66 bits per heavy atom. The van der Waals surface area contributed by atoms with E-state index in [0.717, 1.165) is 24.2 Å². The fraction of sp³-hybridized carbons (Fsp3) is 0.409. The Labute approximate surface area is 171 Å². The third-order valence-corrected chi connectivity index (χ3v) is 5.37. The van der Waals surface area contributed by atoms with E-state index in [-0.39, 0.29) is 11.4 Å². The highest BCUT2D eigenvalue weighted by atomic mass is 16.5. The monoisotopic (exact) mass is 400 g/mol. The normalized spacial score (nSPS) is 15.3. The van der Waals surface area contributed by atoms with E-state index in [2.05, 4.69) is 16.7 Å². The van der Waals surface area contributed by atoms with Crippen LogP contribution in [0.1, 0.15) is 18.4 Å². The lowest BCUT2D eigenvalue weighted by Gasteiger charge is -2.38. The molecule has 1 aliphatic rings. The van der Waals surface area contributed by atoms with Crippen LogP contribution in [-0.2, 0) is 10.2 Å². The van der Waals surface area contributed by atoms with Gasteiger partial charge in [-0.15, -0.1) is 0 Å². The largest absolute Gasteiger partial charge is 0.496 e. The van der Waals surface area contributed by atoms with Gasteiger partial charge in [-0.2, -0.15) is 0 Å². The van der Waals surface area contributed by atoms with Gasteiger partial charge in [0.2, 0.25) is 0 Å². The molecule has 1 fully saturated rings. The van der Waals surface area contributed by atoms with Crippen LogP contribution < -0.4 is 24.8 Å². The highest BCUT2D eigenvalue weighted by molar-refractivity contribution is 5.91. The molecule has 7 nitrogen and oxygen atoms in total. The minimum absolute atomic E-state index is 0.249. The molecule has 0 aromatic heterocycles. The molecule has 0 spiro atoms. The van der Waals surface area contributed by atoms with Crippen LogP contribution in [0.3, 0.4) is 0 Å². The van der Waals surface area contributed by atoms with Gasteiger partial charge in [0.25, 0.3) is 0 Å². The zero-order valence-corrected chi connectivity index (χ0v) is 17.1. The maximum Gasteiger partial charge on any atom is 0.319 e. The van der Waals surface area contributed by atoms with E-state index in [1.807, 2.05) is 18.2 Å². The molecule has 2 N–H and O–H groups in total. The van der Waals surface area contributed by atoms with Crippen LogP contribution in [0, 0.1) is 0 Å². The smallest absolute Gasteiger partial charge is 0.319 e. The number of benzene rings is 2. The van der Waals surface area contributed by atoms with Gasteiger partial charge in [-0.1, -0.05) is 24.3 Å². The standard InChI is InChI=1S/C22H28N2O5/c1-26-18-9-5-4-7-16(18)22(11-13-29-14-12-22)15-23-21(25)24-17-8-6-10-19(27-2)20(17)28-3/h4-10H,11-15H2,1-3H3,(H2,23,24,25). The first-order valence-corrected chi connectivity index (χ1v) is 9.60. The van der Waals surface area contributed by atoms with Crippen LogP contribution in [-0.4, -0.2) is 47.1 Å². The fourth-order valence-corrected chi connectivity index (χ4v) is 3.79. The second-order valence-corrected chi connectivity index (χ2v) is 6.94. The lowest BCUT2D eigenvalue weighted by Crippen LogP contribution is -2.45. The van der Waals surface area contributed by atoms with E-state index >= 15 is 0 Å². The summed E-state index contributed by atoms with van der Waals surface area (Å²) in [6, 6.07) is 13.0. The number of amides is 2. The van der Waals surface area contributed by atoms with Crippen LogP contribution in [0.2, 0.25) is 0 Å². The summed E-state index contributed by atoms with van der Waals surface area (Å²) in [5, 5.41) is 5.88. The van der Waals surface area contributed by atoms with Crippen molar-refractivity contribution >= 4 is 11.7 Å². The summed E-state index contributed by atoms with van der Waals surface area (Å²) in [7, 11) is 4.77. The third-order valence-electron chi connectivity index (χ3n) is 5.37. The maximum atomic E-state index is 12.7. The van der Waals surface area contributed by atoms with Crippen LogP contribution in [0.25, 0.3) is 0 Å². The lowest BCUT2D eigenvalue weighted by molar-refractivity contribution is 0.0500. The van der Waals surface area contributed by atoms with Gasteiger partial charge in [0.1, 0.15) is 5.75 Å². The van der Waals surface area contributed by atoms with Gasteiger partial charge in [-0.3, -0.25) is 0 Å². The predicted octanol–water partition coefficient (Wildman–Crippen LogP) is 3.58. The van der Waals surface area contributed by atoms with E-state index in [9.17, 15) is 4.79 Å². The molecule has 0 unspecified atom stereocenters. The maximum absolute atomic E-state index is 12.7. The van der Waals surface area contributed by atoms with Gasteiger partial charge in [-0.05, 0) is 31.0 Å². The van der Waals surface area contributed by atoms with Crippen molar-refractivity contribution in [3.8, 4) is 17.2 Å². The molecule has 2 amide bonds. The first kappa shape index (κ1) is 20.8. The van der Waals surface area contributed by atoms with Crippen molar-refractivity contribution < 1.29 is 23.7 Å². The fourth-order valence-electron chi connectivity index (χ4n) is 3.79. The van der Waals surface area contributed by atoms with Crippen molar-refractivity contribution in [3.63, 3.8) is 0 Å². The summed E-state index contributed by atoms with van der Waals surface area (Å²) in [5.74, 6) is 1.86. The number of hydrogen-bond acceptors (Lipinski definition) is 5. The molecule has 0 radical (unpaired) electrons. The molecule has 2 aromatic rings. The summed E-state index contributed by atoms with van der Waals surface area (Å²) < 4.78 is 21.8. The summed E-state index contributed by atoms with van der Waals surface area (Å²) >= 11 is 0. The molecule has 1 heterocycles. The summed E-state index contributed by atoms with van der Waals surface area (Å²) in [6.07, 6.45) is 1.60. The van der Waals surface area contributed by atoms with Crippen molar-refractivity contribution in [2.24, 2.45) is 0 Å². The Kier molecular flexibility index (Phi) is 6.82. The number of urea groups is 1. The van der Waals surface area contributed by atoms with E-state index in [4.69, 9.17) is 18.9 Å². The lowest BCUT2D eigenvalue weighted by atomic mass is 9.73. The number of carbonyl (C=O) groups excluding carboxylic acids is 1. The number of ether oxygens (including phenoxy) is 4. The van der Waals surface area contributed by atoms with Gasteiger partial charge in [0, 0.05) is 30.7 Å². The molecule has 0 bridgehead atoms. The van der Waals surface area contributed by atoms with E-state index < -0.39 is 0 Å². The highest BCUT2D eigenvalue weighted by Crippen LogP contribution is 2.39. The molecule has 7 heteroatoms. The van der Waals surface area contributed by atoms with Crippen molar-refractivity contribution in [2.45, 2.75) is 18.3 Å². The van der Waals surface area contributed by atoms with Crippen molar-refractivity contribution in [3.05, 3.63) is 48.0 Å². The molecule has 29 heavy (non-hydrogen) atoms. The van der Waals surface area contributed by atoms with Gasteiger partial charge >= 0.3 is 6.03 Å². The number of rotatable bonds is 7. The second kappa shape index (κ2) is 9.52. The molecular formula is C22H28N2O5. The summed E-state index contributed by atoms with van der Waals surface area (Å²) in [6.45, 7) is 1.75. The zero-order chi connectivity index (χ0) is 20.7. The average Bonchev–Trinajstić information content (AvgIpc) is 2.78. The minimum Gasteiger partial charge on any atom is -0.496 e. The van der Waals surface area contributed by atoms with Crippen LogP contribution in [0.4, 0.5) is 10.5 Å². The molecule has 1 saturated heterocycles. The van der Waals surface area contributed by atoms with Crippen LogP contribution in [0.15, 0.2) is 42.5 Å². The van der Waals surface area contributed by atoms with E-state index in [1.165, 1.54) is 0 Å². The Hall–Kier alpha value is -2.93.